The lowest BCUT2D eigenvalue weighted by Crippen LogP contribution is -2.55. The molecule has 10 nitrogen and oxygen atoms in total. The first-order valence-electron chi connectivity index (χ1n) is 15.2. The number of hydrogen-bond acceptors (Lipinski definition) is 8. The number of benzene rings is 1. The van der Waals surface area contributed by atoms with Crippen molar-refractivity contribution in [2.45, 2.75) is 76.4 Å². The number of methoxy groups -OCH3 is 1. The second-order valence-corrected chi connectivity index (χ2v) is 12.3. The summed E-state index contributed by atoms with van der Waals surface area (Å²) < 4.78 is 5.68. The maximum atomic E-state index is 13.2. The minimum atomic E-state index is -0.226. The number of aromatic nitrogens is 2. The molecule has 1 aromatic carbocycles. The van der Waals surface area contributed by atoms with Crippen LogP contribution in [0.15, 0.2) is 24.4 Å². The number of likely N-dealkylation sites (tertiary alicyclic amines) is 1. The Bertz CT molecular complexity index is 1300. The van der Waals surface area contributed by atoms with E-state index in [-0.39, 0.29) is 23.9 Å². The average Bonchev–Trinajstić information content (AvgIpc) is 3.64. The number of carbonyl (C=O) groups excluding carboxylic acids is 2. The minimum absolute atomic E-state index is 0.0672. The molecular weight excluding hydrogens is 518 g/mol. The van der Waals surface area contributed by atoms with E-state index in [1.165, 1.54) is 19.3 Å². The van der Waals surface area contributed by atoms with Gasteiger partial charge in [-0.1, -0.05) is 19.8 Å². The van der Waals surface area contributed by atoms with Crippen molar-refractivity contribution in [3.05, 3.63) is 30.0 Å². The van der Waals surface area contributed by atoms with Crippen LogP contribution in [0.1, 0.15) is 68.6 Å². The molecule has 2 aliphatic heterocycles. The molecule has 41 heavy (non-hydrogen) atoms. The molecule has 3 fully saturated rings. The van der Waals surface area contributed by atoms with Crippen molar-refractivity contribution in [3.63, 3.8) is 0 Å². The van der Waals surface area contributed by atoms with Gasteiger partial charge in [0.2, 0.25) is 11.9 Å². The molecule has 0 unspecified atom stereocenters. The van der Waals surface area contributed by atoms with E-state index in [2.05, 4.69) is 39.4 Å². The second kappa shape index (κ2) is 11.5. The van der Waals surface area contributed by atoms with E-state index in [9.17, 15) is 9.59 Å². The molecule has 2 N–H and O–H groups in total. The van der Waals surface area contributed by atoms with Crippen LogP contribution in [0.25, 0.3) is 0 Å². The normalized spacial score (nSPS) is 26.6. The van der Waals surface area contributed by atoms with Crippen LogP contribution >= 0.6 is 0 Å². The Morgan fingerprint density at radius 3 is 2.66 bits per heavy atom. The minimum Gasteiger partial charge on any atom is -0.495 e. The van der Waals surface area contributed by atoms with Crippen molar-refractivity contribution in [1.82, 2.24) is 20.2 Å². The number of ether oxygens (including phenoxy) is 1. The van der Waals surface area contributed by atoms with Gasteiger partial charge in [0.25, 0.3) is 5.91 Å². The van der Waals surface area contributed by atoms with Crippen molar-refractivity contribution >= 4 is 35.0 Å². The molecule has 3 heterocycles. The Morgan fingerprint density at radius 2 is 1.90 bits per heavy atom. The van der Waals surface area contributed by atoms with Crippen LogP contribution in [-0.4, -0.2) is 79.1 Å². The number of carbonyl (C=O) groups is 2. The van der Waals surface area contributed by atoms with Gasteiger partial charge in [-0.05, 0) is 82.2 Å². The van der Waals surface area contributed by atoms with Crippen LogP contribution in [-0.2, 0) is 4.79 Å². The summed E-state index contributed by atoms with van der Waals surface area (Å²) in [5.41, 5.74) is 1.98. The fraction of sp³-hybridized carbons (Fsp3) is 0.613. The standard InChI is InChI=1S/C31H43N7O3/c1-5-25-30(40)37(3)26-17-32-31(35-28(26)38(25)23-8-6-7-9-23)34-24-11-10-20(16-27(24)41-4)29(39)33-22-14-19-12-13-36(2)18-21(19)15-22/h10-11,16-17,19,21-23,25H,5-9,12-15,18H2,1-4H3,(H,33,39)(H,32,34,35)/t19-,21-,22+,25-/m1/s1. The average molecular weight is 562 g/mol. The number of likely N-dealkylation sites (N-methyl/N-ethyl adjacent to an activating group) is 1. The molecule has 2 aliphatic carbocycles. The van der Waals surface area contributed by atoms with E-state index in [0.29, 0.717) is 40.8 Å². The molecule has 0 bridgehead atoms. The maximum Gasteiger partial charge on any atom is 0.251 e. The van der Waals surface area contributed by atoms with Crippen LogP contribution in [0.5, 0.6) is 5.75 Å². The lowest BCUT2D eigenvalue weighted by molar-refractivity contribution is -0.120. The highest BCUT2D eigenvalue weighted by molar-refractivity contribution is 6.04. The van der Waals surface area contributed by atoms with Crippen molar-refractivity contribution in [2.24, 2.45) is 11.8 Å². The van der Waals surface area contributed by atoms with E-state index in [1.54, 1.807) is 31.3 Å². The molecule has 0 spiro atoms. The molecule has 1 saturated heterocycles. The Hall–Kier alpha value is -3.40. The third-order valence-corrected chi connectivity index (χ3v) is 9.73. The predicted octanol–water partition coefficient (Wildman–Crippen LogP) is 4.19. The lowest BCUT2D eigenvalue weighted by atomic mass is 9.89. The Labute approximate surface area is 242 Å². The van der Waals surface area contributed by atoms with Gasteiger partial charge in [0.05, 0.1) is 19.0 Å². The van der Waals surface area contributed by atoms with Gasteiger partial charge in [0.1, 0.15) is 17.5 Å². The van der Waals surface area contributed by atoms with Crippen LogP contribution in [0.2, 0.25) is 0 Å². The van der Waals surface area contributed by atoms with Gasteiger partial charge in [0, 0.05) is 31.2 Å². The van der Waals surface area contributed by atoms with E-state index in [0.717, 1.165) is 56.7 Å². The summed E-state index contributed by atoms with van der Waals surface area (Å²) in [6, 6.07) is 5.73. The zero-order valence-electron chi connectivity index (χ0n) is 24.7. The molecule has 2 amide bonds. The van der Waals surface area contributed by atoms with E-state index in [4.69, 9.17) is 9.72 Å². The highest BCUT2D eigenvalue weighted by atomic mass is 16.5. The van der Waals surface area contributed by atoms with Crippen LogP contribution < -0.4 is 25.2 Å². The summed E-state index contributed by atoms with van der Waals surface area (Å²) in [5.74, 6) is 3.18. The molecule has 1 aromatic heterocycles. The quantitative estimate of drug-likeness (QED) is 0.519. The molecule has 6 rings (SSSR count). The summed E-state index contributed by atoms with van der Waals surface area (Å²) in [7, 11) is 5.59. The first-order chi connectivity index (χ1) is 19.9. The first-order valence-corrected chi connectivity index (χ1v) is 15.2. The predicted molar refractivity (Wildman–Crippen MR) is 160 cm³/mol. The summed E-state index contributed by atoms with van der Waals surface area (Å²) in [4.78, 5) is 42.2. The number of nitrogens with zero attached hydrogens (tertiary/aromatic N) is 5. The fourth-order valence-corrected chi connectivity index (χ4v) is 7.55. The SMILES string of the molecule is CC[C@@H]1C(=O)N(C)c2cnc(Nc3ccc(C(=O)N[C@H]4C[C@H]5CCN(C)C[C@H]5C4)cc3OC)nc2N1C1CCCC1. The monoisotopic (exact) mass is 561 g/mol. The van der Waals surface area contributed by atoms with Gasteiger partial charge < -0.3 is 30.1 Å². The van der Waals surface area contributed by atoms with Gasteiger partial charge in [0.15, 0.2) is 5.82 Å². The molecule has 220 valence electrons. The molecule has 2 aromatic rings. The van der Waals surface area contributed by atoms with Gasteiger partial charge in [-0.25, -0.2) is 4.98 Å². The Balaban J connectivity index is 1.20. The molecule has 0 radical (unpaired) electrons. The number of rotatable bonds is 7. The number of anilines is 4. The third kappa shape index (κ3) is 5.34. The first kappa shape index (κ1) is 27.8. The highest BCUT2D eigenvalue weighted by Crippen LogP contribution is 2.41. The largest absolute Gasteiger partial charge is 0.495 e. The van der Waals surface area contributed by atoms with E-state index >= 15 is 0 Å². The molecule has 4 aliphatic rings. The fourth-order valence-electron chi connectivity index (χ4n) is 7.55. The zero-order chi connectivity index (χ0) is 28.7. The second-order valence-electron chi connectivity index (χ2n) is 12.3. The summed E-state index contributed by atoms with van der Waals surface area (Å²) in [6.07, 6.45) is 10.2. The third-order valence-electron chi connectivity index (χ3n) is 9.73. The highest BCUT2D eigenvalue weighted by Gasteiger charge is 2.41. The summed E-state index contributed by atoms with van der Waals surface area (Å²) in [5, 5.41) is 6.58. The van der Waals surface area contributed by atoms with Gasteiger partial charge in [-0.3, -0.25) is 9.59 Å². The molecule has 10 heteroatoms. The van der Waals surface area contributed by atoms with Crippen molar-refractivity contribution < 1.29 is 14.3 Å². The van der Waals surface area contributed by atoms with E-state index in [1.807, 2.05) is 12.1 Å². The number of hydrogen-bond donors (Lipinski definition) is 2. The maximum absolute atomic E-state index is 13.2. The molecule has 2 saturated carbocycles. The topological polar surface area (TPSA) is 103 Å². The van der Waals surface area contributed by atoms with Gasteiger partial charge in [-0.2, -0.15) is 4.98 Å². The number of nitrogens with one attached hydrogen (secondary N) is 2. The summed E-state index contributed by atoms with van der Waals surface area (Å²) in [6.45, 7) is 4.33. The van der Waals surface area contributed by atoms with Crippen LogP contribution in [0.3, 0.4) is 0 Å². The summed E-state index contributed by atoms with van der Waals surface area (Å²) >= 11 is 0. The number of amides is 2. The van der Waals surface area contributed by atoms with Crippen molar-refractivity contribution in [3.8, 4) is 5.75 Å². The zero-order valence-corrected chi connectivity index (χ0v) is 24.7. The van der Waals surface area contributed by atoms with Crippen molar-refractivity contribution in [1.29, 1.82) is 0 Å². The number of fused-ring (bicyclic) bond motifs is 2. The van der Waals surface area contributed by atoms with Crippen LogP contribution in [0, 0.1) is 11.8 Å². The van der Waals surface area contributed by atoms with Crippen LogP contribution in [0.4, 0.5) is 23.1 Å². The Morgan fingerprint density at radius 1 is 1.12 bits per heavy atom. The molecular formula is C31H43N7O3. The van der Waals surface area contributed by atoms with Gasteiger partial charge >= 0.3 is 0 Å². The molecule has 4 atom stereocenters. The Kier molecular flexibility index (Phi) is 7.76. The smallest absolute Gasteiger partial charge is 0.251 e. The van der Waals surface area contributed by atoms with Crippen molar-refractivity contribution in [2.75, 3.05) is 49.4 Å². The number of piperidine rings is 1. The van der Waals surface area contributed by atoms with E-state index < -0.39 is 0 Å². The lowest BCUT2D eigenvalue weighted by Gasteiger charge is -2.43. The van der Waals surface area contributed by atoms with Gasteiger partial charge in [-0.15, -0.1) is 0 Å².